The highest BCUT2D eigenvalue weighted by Gasteiger charge is 2.48. The molecule has 1 saturated heterocycles. The number of carbonyl (C=O) groups is 2. The minimum atomic E-state index is -0.409. The highest BCUT2D eigenvalue weighted by molar-refractivity contribution is 5.92. The van der Waals surface area contributed by atoms with Crippen molar-refractivity contribution < 1.29 is 9.59 Å². The molecule has 0 bridgehead atoms. The smallest absolute Gasteiger partial charge is 0.233 e. The number of pyridine rings is 1. The molecular weight excluding hydrogens is 376 g/mol. The van der Waals surface area contributed by atoms with Crippen LogP contribution in [0.15, 0.2) is 48.7 Å². The zero-order valence-corrected chi connectivity index (χ0v) is 17.8. The summed E-state index contributed by atoms with van der Waals surface area (Å²) in [6, 6.07) is 13.8. The molecule has 2 heterocycles. The lowest BCUT2D eigenvalue weighted by molar-refractivity contribution is -0.141. The maximum atomic E-state index is 13.5. The molecule has 158 valence electrons. The first-order valence-corrected chi connectivity index (χ1v) is 10.9. The average molecular weight is 407 g/mol. The molecule has 30 heavy (non-hydrogen) atoms. The minimum absolute atomic E-state index is 0.00274. The number of hydrogen-bond donors (Lipinski definition) is 1. The van der Waals surface area contributed by atoms with Gasteiger partial charge in [-0.15, -0.1) is 0 Å². The third-order valence-corrected chi connectivity index (χ3v) is 6.39. The minimum Gasteiger partial charge on any atom is -0.353 e. The van der Waals surface area contributed by atoms with Gasteiger partial charge in [0, 0.05) is 44.0 Å². The van der Waals surface area contributed by atoms with E-state index in [4.69, 9.17) is 0 Å². The highest BCUT2D eigenvalue weighted by Crippen LogP contribution is 2.45. The maximum Gasteiger partial charge on any atom is 0.233 e. The van der Waals surface area contributed by atoms with Crippen molar-refractivity contribution in [2.24, 2.45) is 5.92 Å². The molecule has 2 fully saturated rings. The highest BCUT2D eigenvalue weighted by atomic mass is 16.2. The van der Waals surface area contributed by atoms with Gasteiger partial charge in [0.2, 0.25) is 11.8 Å². The van der Waals surface area contributed by atoms with Gasteiger partial charge in [0.15, 0.2) is 0 Å². The Labute approximate surface area is 178 Å². The molecule has 0 radical (unpaired) electrons. The number of amides is 2. The number of nitrogens with one attached hydrogen (secondary N) is 1. The summed E-state index contributed by atoms with van der Waals surface area (Å²) in [7, 11) is 0. The van der Waals surface area contributed by atoms with E-state index in [0.717, 1.165) is 62.5 Å². The average Bonchev–Trinajstić information content (AvgIpc) is 2.74. The second-order valence-electron chi connectivity index (χ2n) is 8.62. The van der Waals surface area contributed by atoms with Crippen molar-refractivity contribution in [3.8, 4) is 0 Å². The summed E-state index contributed by atoms with van der Waals surface area (Å²) in [6.45, 7) is 6.80. The van der Waals surface area contributed by atoms with Crippen molar-refractivity contribution in [1.29, 1.82) is 0 Å². The Morgan fingerprint density at radius 1 is 1.00 bits per heavy atom. The molecule has 1 N–H and O–H groups in total. The number of anilines is 2. The van der Waals surface area contributed by atoms with Gasteiger partial charge in [-0.1, -0.05) is 38.5 Å². The van der Waals surface area contributed by atoms with Crippen molar-refractivity contribution in [2.45, 2.75) is 38.5 Å². The van der Waals surface area contributed by atoms with Crippen LogP contribution in [-0.2, 0) is 15.0 Å². The fourth-order valence-electron chi connectivity index (χ4n) is 4.30. The van der Waals surface area contributed by atoms with E-state index >= 15 is 0 Å². The zero-order valence-electron chi connectivity index (χ0n) is 17.8. The van der Waals surface area contributed by atoms with Gasteiger partial charge < -0.3 is 15.1 Å². The molecule has 0 unspecified atom stereocenters. The van der Waals surface area contributed by atoms with E-state index in [1.807, 2.05) is 67.4 Å². The number of hydrogen-bond acceptors (Lipinski definition) is 4. The number of aromatic nitrogens is 1. The van der Waals surface area contributed by atoms with Gasteiger partial charge in [-0.25, -0.2) is 4.98 Å². The first-order valence-electron chi connectivity index (χ1n) is 10.9. The number of nitrogens with zero attached hydrogens (tertiary/aromatic N) is 3. The van der Waals surface area contributed by atoms with Gasteiger partial charge in [-0.3, -0.25) is 9.59 Å². The van der Waals surface area contributed by atoms with Crippen molar-refractivity contribution in [3.63, 3.8) is 0 Å². The van der Waals surface area contributed by atoms with E-state index in [0.29, 0.717) is 0 Å². The molecule has 0 atom stereocenters. The van der Waals surface area contributed by atoms with E-state index in [1.54, 1.807) is 0 Å². The quantitative estimate of drug-likeness (QED) is 0.826. The Kier molecular flexibility index (Phi) is 5.75. The Bertz CT molecular complexity index is 883. The summed E-state index contributed by atoms with van der Waals surface area (Å²) in [5, 5.41) is 2.92. The molecule has 2 aromatic rings. The van der Waals surface area contributed by atoms with Gasteiger partial charge in [0.25, 0.3) is 0 Å². The summed E-state index contributed by atoms with van der Waals surface area (Å²) < 4.78 is 0. The van der Waals surface area contributed by atoms with Crippen LogP contribution in [0, 0.1) is 5.92 Å². The summed E-state index contributed by atoms with van der Waals surface area (Å²) in [4.78, 5) is 34.1. The lowest BCUT2D eigenvalue weighted by Crippen LogP contribution is -2.56. The predicted octanol–water partition coefficient (Wildman–Crippen LogP) is 3.45. The predicted molar refractivity (Wildman–Crippen MR) is 118 cm³/mol. The molecule has 1 saturated carbocycles. The largest absolute Gasteiger partial charge is 0.353 e. The lowest BCUT2D eigenvalue weighted by atomic mass is 9.63. The molecule has 1 aliphatic heterocycles. The molecule has 6 nitrogen and oxygen atoms in total. The standard InChI is InChI=1S/C24H30N4O2/c1-18(2)22(29)26-20-9-7-19(8-10-20)24(11-5-12-24)23(30)28-16-14-27(15-17-28)21-6-3-4-13-25-21/h3-4,6-10,13,18H,5,11-12,14-17H2,1-2H3,(H,26,29). The van der Waals surface area contributed by atoms with Crippen molar-refractivity contribution >= 4 is 23.3 Å². The fraction of sp³-hybridized carbons (Fsp3) is 0.458. The van der Waals surface area contributed by atoms with Crippen molar-refractivity contribution in [1.82, 2.24) is 9.88 Å². The molecule has 1 aromatic heterocycles. The van der Waals surface area contributed by atoms with Gasteiger partial charge in [-0.05, 0) is 42.7 Å². The van der Waals surface area contributed by atoms with Crippen LogP contribution in [-0.4, -0.2) is 47.9 Å². The van der Waals surface area contributed by atoms with E-state index < -0.39 is 5.41 Å². The molecule has 4 rings (SSSR count). The Morgan fingerprint density at radius 3 is 2.23 bits per heavy atom. The number of rotatable bonds is 5. The van der Waals surface area contributed by atoms with Crippen molar-refractivity contribution in [3.05, 3.63) is 54.2 Å². The molecular formula is C24H30N4O2. The molecule has 0 spiro atoms. The SMILES string of the molecule is CC(C)C(=O)Nc1ccc(C2(C(=O)N3CCN(c4ccccn4)CC3)CCC2)cc1. The Morgan fingerprint density at radius 2 is 1.70 bits per heavy atom. The van der Waals surface area contributed by atoms with E-state index in [1.165, 1.54) is 0 Å². The molecule has 2 aliphatic rings. The first-order chi connectivity index (χ1) is 14.5. The van der Waals surface area contributed by atoms with Crippen LogP contribution in [0.4, 0.5) is 11.5 Å². The van der Waals surface area contributed by atoms with Crippen LogP contribution in [0.2, 0.25) is 0 Å². The zero-order chi connectivity index (χ0) is 21.1. The fourth-order valence-corrected chi connectivity index (χ4v) is 4.30. The van der Waals surface area contributed by atoms with Crippen LogP contribution in [0.25, 0.3) is 0 Å². The second kappa shape index (κ2) is 8.46. The van der Waals surface area contributed by atoms with Gasteiger partial charge in [0.1, 0.15) is 5.82 Å². The topological polar surface area (TPSA) is 65.5 Å². The number of piperazine rings is 1. The Hall–Kier alpha value is -2.89. The summed E-state index contributed by atoms with van der Waals surface area (Å²) in [5.74, 6) is 1.16. The molecule has 1 aromatic carbocycles. The molecule has 2 amide bonds. The maximum absolute atomic E-state index is 13.5. The molecule has 6 heteroatoms. The first kappa shape index (κ1) is 20.4. The van der Waals surface area contributed by atoms with Crippen LogP contribution in [0.3, 0.4) is 0 Å². The second-order valence-corrected chi connectivity index (χ2v) is 8.62. The van der Waals surface area contributed by atoms with Crippen molar-refractivity contribution in [2.75, 3.05) is 36.4 Å². The van der Waals surface area contributed by atoms with Gasteiger partial charge >= 0.3 is 0 Å². The van der Waals surface area contributed by atoms with Crippen LogP contribution < -0.4 is 10.2 Å². The monoisotopic (exact) mass is 406 g/mol. The molecule has 1 aliphatic carbocycles. The van der Waals surface area contributed by atoms with E-state index in [2.05, 4.69) is 15.2 Å². The Balaban J connectivity index is 1.43. The van der Waals surface area contributed by atoms with Crippen LogP contribution in [0.1, 0.15) is 38.7 Å². The van der Waals surface area contributed by atoms with Gasteiger partial charge in [0.05, 0.1) is 5.41 Å². The third kappa shape index (κ3) is 3.91. The number of carbonyl (C=O) groups excluding carboxylic acids is 2. The normalized spacial score (nSPS) is 18.1. The van der Waals surface area contributed by atoms with Crippen LogP contribution in [0.5, 0.6) is 0 Å². The summed E-state index contributed by atoms with van der Waals surface area (Å²) in [6.07, 6.45) is 4.67. The van der Waals surface area contributed by atoms with E-state index in [9.17, 15) is 9.59 Å². The van der Waals surface area contributed by atoms with Crippen LogP contribution >= 0.6 is 0 Å². The summed E-state index contributed by atoms with van der Waals surface area (Å²) >= 11 is 0. The number of benzene rings is 1. The third-order valence-electron chi connectivity index (χ3n) is 6.39. The summed E-state index contributed by atoms with van der Waals surface area (Å²) in [5.41, 5.74) is 1.44. The van der Waals surface area contributed by atoms with Gasteiger partial charge in [-0.2, -0.15) is 0 Å². The lowest BCUT2D eigenvalue weighted by Gasteiger charge is -2.46. The van der Waals surface area contributed by atoms with E-state index in [-0.39, 0.29) is 17.7 Å².